The molecule has 0 radical (unpaired) electrons. The van der Waals surface area contributed by atoms with Crippen LogP contribution >= 0.6 is 0 Å². The maximum Gasteiger partial charge on any atom is 0.219 e. The van der Waals surface area contributed by atoms with E-state index in [0.29, 0.717) is 13.0 Å². The summed E-state index contributed by atoms with van der Waals surface area (Å²) in [5.74, 6) is 0.255. The Morgan fingerprint density at radius 1 is 0.870 bits per heavy atom. The molecule has 1 heterocycles. The Morgan fingerprint density at radius 2 is 1.48 bits per heavy atom. The molecular formula is C16H37N5O2. The number of unbranched alkanes of at least 4 members (excludes halogenated alkanes) is 3. The first-order chi connectivity index (χ1) is 11.1. The molecule has 0 bridgehead atoms. The number of rotatable bonds is 8. The second-order valence-electron chi connectivity index (χ2n) is 5.43. The Labute approximate surface area is 140 Å². The number of hydrogen-bond donors (Lipinski definition) is 5. The lowest BCUT2D eigenvalue weighted by Crippen LogP contribution is -2.21. The molecule has 1 aliphatic rings. The Bertz CT molecular complexity index is 259. The molecular weight excluding hydrogens is 294 g/mol. The summed E-state index contributed by atoms with van der Waals surface area (Å²) in [7, 11) is 0. The molecule has 23 heavy (non-hydrogen) atoms. The summed E-state index contributed by atoms with van der Waals surface area (Å²) in [4.78, 5) is 20.8. The lowest BCUT2D eigenvalue weighted by atomic mass is 10.2. The van der Waals surface area contributed by atoms with Gasteiger partial charge in [-0.2, -0.15) is 0 Å². The van der Waals surface area contributed by atoms with E-state index in [9.17, 15) is 9.59 Å². The molecule has 0 aromatic carbocycles. The third kappa shape index (κ3) is 23.4. The largest absolute Gasteiger partial charge is 0.356 e. The van der Waals surface area contributed by atoms with E-state index in [1.165, 1.54) is 19.3 Å². The van der Waals surface area contributed by atoms with Crippen molar-refractivity contribution < 1.29 is 9.59 Å². The average Bonchev–Trinajstić information content (AvgIpc) is 2.81. The van der Waals surface area contributed by atoms with Crippen molar-refractivity contribution in [1.29, 1.82) is 0 Å². The number of carbonyl (C=O) groups excluding carboxylic acids is 2. The maximum atomic E-state index is 10.6. The zero-order valence-corrected chi connectivity index (χ0v) is 14.5. The SMILES string of the molecule is NCCC(=O)CN.NCCCCCCN.O=C1CCCCCN1. The van der Waals surface area contributed by atoms with Crippen LogP contribution in [0, 0.1) is 0 Å². The molecule has 0 aliphatic carbocycles. The average molecular weight is 332 g/mol. The van der Waals surface area contributed by atoms with Crippen molar-refractivity contribution in [2.75, 3.05) is 32.7 Å². The Kier molecular flexibility index (Phi) is 22.1. The molecule has 1 fully saturated rings. The number of ketones is 1. The van der Waals surface area contributed by atoms with Crippen molar-refractivity contribution in [2.24, 2.45) is 22.9 Å². The van der Waals surface area contributed by atoms with Gasteiger partial charge >= 0.3 is 0 Å². The third-order valence-electron chi connectivity index (χ3n) is 3.21. The molecule has 0 aromatic heterocycles. The van der Waals surface area contributed by atoms with Crippen LogP contribution in [0.4, 0.5) is 0 Å². The summed E-state index contributed by atoms with van der Waals surface area (Å²) in [6.45, 7) is 3.07. The monoisotopic (exact) mass is 331 g/mol. The fourth-order valence-corrected chi connectivity index (χ4v) is 1.81. The standard InChI is InChI=1S/C6H16N2.C6H11NO.C4H10N2O/c7-5-3-1-2-4-6-8;8-6-4-2-1-3-5-7-6;5-2-1-4(7)3-6/h1-8H2;1-5H2,(H,7,8);1-3,5-6H2. The molecule has 0 spiro atoms. The van der Waals surface area contributed by atoms with Gasteiger partial charge in [0.05, 0.1) is 6.54 Å². The molecule has 1 aliphatic heterocycles. The molecule has 0 unspecified atom stereocenters. The highest BCUT2D eigenvalue weighted by atomic mass is 16.1. The van der Waals surface area contributed by atoms with Crippen molar-refractivity contribution in [1.82, 2.24) is 5.32 Å². The van der Waals surface area contributed by atoms with E-state index in [2.05, 4.69) is 5.32 Å². The van der Waals surface area contributed by atoms with Crippen LogP contribution in [-0.4, -0.2) is 44.4 Å². The van der Waals surface area contributed by atoms with E-state index in [0.717, 1.165) is 51.7 Å². The second-order valence-corrected chi connectivity index (χ2v) is 5.43. The van der Waals surface area contributed by atoms with Gasteiger partial charge in [0.1, 0.15) is 5.78 Å². The maximum absolute atomic E-state index is 10.6. The van der Waals surface area contributed by atoms with Crippen molar-refractivity contribution in [3.05, 3.63) is 0 Å². The van der Waals surface area contributed by atoms with E-state index in [4.69, 9.17) is 22.9 Å². The molecule has 7 heteroatoms. The van der Waals surface area contributed by atoms with Gasteiger partial charge < -0.3 is 28.3 Å². The van der Waals surface area contributed by atoms with Crippen LogP contribution in [0.15, 0.2) is 0 Å². The lowest BCUT2D eigenvalue weighted by molar-refractivity contribution is -0.120. The molecule has 0 aromatic rings. The van der Waals surface area contributed by atoms with Crippen molar-refractivity contribution in [2.45, 2.75) is 57.8 Å². The van der Waals surface area contributed by atoms with E-state index in [1.807, 2.05) is 0 Å². The van der Waals surface area contributed by atoms with E-state index in [1.54, 1.807) is 0 Å². The van der Waals surface area contributed by atoms with E-state index >= 15 is 0 Å². The zero-order chi connectivity index (χ0) is 17.8. The molecule has 9 N–H and O–H groups in total. The summed E-state index contributed by atoms with van der Waals surface area (Å²) in [6.07, 6.45) is 9.38. The lowest BCUT2D eigenvalue weighted by Gasteiger charge is -1.94. The van der Waals surface area contributed by atoms with Gasteiger partial charge in [0, 0.05) is 19.4 Å². The predicted molar refractivity (Wildman–Crippen MR) is 95.8 cm³/mol. The van der Waals surface area contributed by atoms with Crippen molar-refractivity contribution in [3.8, 4) is 0 Å². The molecule has 1 saturated heterocycles. The summed E-state index contributed by atoms with van der Waals surface area (Å²) in [5, 5.41) is 2.81. The Balaban J connectivity index is 0. The van der Waals surface area contributed by atoms with Crippen LogP contribution in [0.1, 0.15) is 57.8 Å². The smallest absolute Gasteiger partial charge is 0.219 e. The first-order valence-electron chi connectivity index (χ1n) is 8.71. The van der Waals surface area contributed by atoms with Crippen LogP contribution in [-0.2, 0) is 9.59 Å². The minimum Gasteiger partial charge on any atom is -0.356 e. The molecule has 1 rings (SSSR count). The number of nitrogens with two attached hydrogens (primary N) is 4. The topological polar surface area (TPSA) is 150 Å². The number of nitrogens with one attached hydrogen (secondary N) is 1. The van der Waals surface area contributed by atoms with Crippen LogP contribution in [0.25, 0.3) is 0 Å². The van der Waals surface area contributed by atoms with E-state index in [-0.39, 0.29) is 18.2 Å². The highest BCUT2D eigenvalue weighted by molar-refractivity contribution is 5.80. The van der Waals surface area contributed by atoms with Crippen LogP contribution in [0.2, 0.25) is 0 Å². The van der Waals surface area contributed by atoms with Crippen molar-refractivity contribution >= 4 is 11.7 Å². The second kappa shape index (κ2) is 21.0. The fraction of sp³-hybridized carbons (Fsp3) is 0.875. The first-order valence-corrected chi connectivity index (χ1v) is 8.71. The van der Waals surface area contributed by atoms with Crippen LogP contribution in [0.5, 0.6) is 0 Å². The van der Waals surface area contributed by atoms with Gasteiger partial charge in [0.15, 0.2) is 0 Å². The van der Waals surface area contributed by atoms with Gasteiger partial charge in [0.25, 0.3) is 0 Å². The predicted octanol–water partition coefficient (Wildman–Crippen LogP) is 0.00380. The van der Waals surface area contributed by atoms with Gasteiger partial charge in [0.2, 0.25) is 5.91 Å². The third-order valence-corrected chi connectivity index (χ3v) is 3.21. The van der Waals surface area contributed by atoms with Crippen LogP contribution < -0.4 is 28.3 Å². The quantitative estimate of drug-likeness (QED) is 0.395. The minimum absolute atomic E-state index is 0.0301. The fourth-order valence-electron chi connectivity index (χ4n) is 1.81. The molecule has 138 valence electrons. The van der Waals surface area contributed by atoms with Gasteiger partial charge in [-0.1, -0.05) is 19.3 Å². The van der Waals surface area contributed by atoms with Gasteiger partial charge in [-0.05, 0) is 45.3 Å². The number of carbonyl (C=O) groups is 2. The van der Waals surface area contributed by atoms with Gasteiger partial charge in [-0.15, -0.1) is 0 Å². The summed E-state index contributed by atoms with van der Waals surface area (Å²) < 4.78 is 0. The highest BCUT2D eigenvalue weighted by Gasteiger charge is 2.03. The van der Waals surface area contributed by atoms with Gasteiger partial charge in [-0.25, -0.2) is 0 Å². The number of amides is 1. The number of hydrogen-bond acceptors (Lipinski definition) is 6. The van der Waals surface area contributed by atoms with Crippen LogP contribution in [0.3, 0.4) is 0 Å². The summed E-state index contributed by atoms with van der Waals surface area (Å²) in [6, 6.07) is 0. The zero-order valence-electron chi connectivity index (χ0n) is 14.5. The first kappa shape index (κ1) is 24.2. The molecule has 7 nitrogen and oxygen atoms in total. The Morgan fingerprint density at radius 3 is 1.91 bits per heavy atom. The summed E-state index contributed by atoms with van der Waals surface area (Å²) in [5.41, 5.74) is 20.5. The normalized spacial score (nSPS) is 13.7. The van der Waals surface area contributed by atoms with E-state index < -0.39 is 0 Å². The minimum atomic E-state index is 0.0301. The highest BCUT2D eigenvalue weighted by Crippen LogP contribution is 2.02. The number of Topliss-reactive ketones (excluding diaryl/α,β-unsaturated/α-hetero) is 1. The molecule has 0 atom stereocenters. The van der Waals surface area contributed by atoms with Gasteiger partial charge in [-0.3, -0.25) is 9.59 Å². The molecule has 1 amide bonds. The summed E-state index contributed by atoms with van der Waals surface area (Å²) >= 11 is 0. The van der Waals surface area contributed by atoms with Crippen molar-refractivity contribution in [3.63, 3.8) is 0 Å². The Hall–Kier alpha value is -1.02. The molecule has 0 saturated carbocycles.